The third-order valence-corrected chi connectivity index (χ3v) is 4.32. The van der Waals surface area contributed by atoms with Gasteiger partial charge in [-0.25, -0.2) is 4.99 Å². The van der Waals surface area contributed by atoms with Gasteiger partial charge in [0, 0.05) is 10.0 Å². The number of aliphatic imine (C=N–C) groups is 1. The highest BCUT2D eigenvalue weighted by Gasteiger charge is 2.24. The van der Waals surface area contributed by atoms with Crippen molar-refractivity contribution in [2.75, 3.05) is 0 Å². The van der Waals surface area contributed by atoms with Crippen molar-refractivity contribution in [3.8, 4) is 5.75 Å². The Bertz CT molecular complexity index is 788. The number of rotatable bonds is 2. The van der Waals surface area contributed by atoms with Crippen molar-refractivity contribution >= 4 is 50.5 Å². The number of carbonyl (C=O) groups excluding carboxylic acids is 1. The van der Waals surface area contributed by atoms with Crippen LogP contribution >= 0.6 is 27.7 Å². The second kappa shape index (κ2) is 6.37. The van der Waals surface area contributed by atoms with Gasteiger partial charge >= 0.3 is 0 Å². The van der Waals surface area contributed by atoms with Gasteiger partial charge in [0.1, 0.15) is 5.75 Å². The van der Waals surface area contributed by atoms with Crippen LogP contribution < -0.4 is 5.32 Å². The number of amidine groups is 1. The SMILES string of the molecule is O=C1NC(=Nc2ccccc2)SC1=Cc1cc(Br)ccc1O. The number of phenolic OH excluding ortho intramolecular Hbond substituents is 1. The summed E-state index contributed by atoms with van der Waals surface area (Å²) in [4.78, 5) is 16.9. The lowest BCUT2D eigenvalue weighted by Crippen LogP contribution is -2.19. The molecule has 1 aliphatic rings. The molecule has 0 saturated carbocycles. The molecule has 1 aliphatic heterocycles. The molecule has 0 spiro atoms. The molecule has 0 unspecified atom stereocenters. The van der Waals surface area contributed by atoms with E-state index in [2.05, 4.69) is 26.2 Å². The molecule has 0 bridgehead atoms. The van der Waals surface area contributed by atoms with E-state index < -0.39 is 0 Å². The molecule has 1 fully saturated rings. The monoisotopic (exact) mass is 374 g/mol. The molecule has 0 aliphatic carbocycles. The summed E-state index contributed by atoms with van der Waals surface area (Å²) in [6.07, 6.45) is 1.65. The number of halogens is 1. The van der Waals surface area contributed by atoms with E-state index in [0.717, 1.165) is 10.2 Å². The fraction of sp³-hybridized carbons (Fsp3) is 0. The summed E-state index contributed by atoms with van der Waals surface area (Å²) >= 11 is 4.59. The van der Waals surface area contributed by atoms with Crippen LogP contribution in [-0.2, 0) is 4.79 Å². The lowest BCUT2D eigenvalue weighted by atomic mass is 10.2. The second-order valence-electron chi connectivity index (χ2n) is 4.52. The molecular weight excluding hydrogens is 364 g/mol. The minimum Gasteiger partial charge on any atom is -0.507 e. The molecular formula is C16H11BrN2O2S. The maximum atomic E-state index is 12.0. The highest BCUT2D eigenvalue weighted by molar-refractivity contribution is 9.10. The van der Waals surface area contributed by atoms with E-state index in [-0.39, 0.29) is 11.7 Å². The predicted octanol–water partition coefficient (Wildman–Crippen LogP) is 4.05. The number of para-hydroxylation sites is 1. The topological polar surface area (TPSA) is 61.7 Å². The van der Waals surface area contributed by atoms with Gasteiger partial charge in [0.25, 0.3) is 5.91 Å². The number of hydrogen-bond donors (Lipinski definition) is 2. The van der Waals surface area contributed by atoms with Crippen molar-refractivity contribution in [1.82, 2.24) is 5.32 Å². The second-order valence-corrected chi connectivity index (χ2v) is 6.47. The summed E-state index contributed by atoms with van der Waals surface area (Å²) < 4.78 is 0.832. The van der Waals surface area contributed by atoms with E-state index in [1.165, 1.54) is 11.8 Å². The van der Waals surface area contributed by atoms with Gasteiger partial charge in [-0.1, -0.05) is 34.1 Å². The van der Waals surface area contributed by atoms with Gasteiger partial charge in [-0.3, -0.25) is 4.79 Å². The molecule has 110 valence electrons. The number of nitrogens with zero attached hydrogens (tertiary/aromatic N) is 1. The predicted molar refractivity (Wildman–Crippen MR) is 93.1 cm³/mol. The largest absolute Gasteiger partial charge is 0.507 e. The number of thioether (sulfide) groups is 1. The molecule has 3 rings (SSSR count). The first-order valence-corrected chi connectivity index (χ1v) is 8.06. The standard InChI is InChI=1S/C16H11BrN2O2S/c17-11-6-7-13(20)10(8-11)9-14-15(21)19-16(22-14)18-12-4-2-1-3-5-12/h1-9,20H,(H,18,19,21). The van der Waals surface area contributed by atoms with Crippen LogP contribution in [0.25, 0.3) is 6.08 Å². The Morgan fingerprint density at radius 1 is 1.18 bits per heavy atom. The van der Waals surface area contributed by atoms with Crippen LogP contribution in [0.4, 0.5) is 5.69 Å². The van der Waals surface area contributed by atoms with Gasteiger partial charge in [-0.05, 0) is 48.2 Å². The summed E-state index contributed by atoms with van der Waals surface area (Å²) in [5.74, 6) is -0.100. The molecule has 6 heteroatoms. The number of phenols is 1. The first-order chi connectivity index (χ1) is 10.6. The van der Waals surface area contributed by atoms with E-state index in [4.69, 9.17) is 0 Å². The summed E-state index contributed by atoms with van der Waals surface area (Å²) in [6.45, 7) is 0. The van der Waals surface area contributed by atoms with Crippen LogP contribution in [0, 0.1) is 0 Å². The van der Waals surface area contributed by atoms with E-state index in [9.17, 15) is 9.90 Å². The molecule has 1 heterocycles. The quantitative estimate of drug-likeness (QED) is 0.779. The zero-order chi connectivity index (χ0) is 15.5. The van der Waals surface area contributed by atoms with Crippen LogP contribution in [0.15, 0.2) is 62.9 Å². The lowest BCUT2D eigenvalue weighted by Gasteiger charge is -2.00. The van der Waals surface area contributed by atoms with Gasteiger partial charge < -0.3 is 10.4 Å². The van der Waals surface area contributed by atoms with Crippen molar-refractivity contribution < 1.29 is 9.90 Å². The Balaban J connectivity index is 1.87. The van der Waals surface area contributed by atoms with E-state index in [1.807, 2.05) is 30.3 Å². The van der Waals surface area contributed by atoms with E-state index in [0.29, 0.717) is 15.6 Å². The van der Waals surface area contributed by atoms with Crippen molar-refractivity contribution in [3.63, 3.8) is 0 Å². The van der Waals surface area contributed by atoms with Gasteiger partial charge in [-0.2, -0.15) is 0 Å². The van der Waals surface area contributed by atoms with Gasteiger partial charge in [0.15, 0.2) is 5.17 Å². The van der Waals surface area contributed by atoms with Crippen LogP contribution in [0.3, 0.4) is 0 Å². The van der Waals surface area contributed by atoms with Gasteiger partial charge in [0.2, 0.25) is 0 Å². The molecule has 2 aromatic rings. The Hall–Kier alpha value is -2.05. The Morgan fingerprint density at radius 3 is 2.73 bits per heavy atom. The molecule has 1 amide bonds. The molecule has 2 N–H and O–H groups in total. The molecule has 0 aromatic heterocycles. The zero-order valence-electron chi connectivity index (χ0n) is 11.3. The molecule has 22 heavy (non-hydrogen) atoms. The van der Waals surface area contributed by atoms with E-state index in [1.54, 1.807) is 24.3 Å². The van der Waals surface area contributed by atoms with Gasteiger partial charge in [0.05, 0.1) is 10.6 Å². The Morgan fingerprint density at radius 2 is 1.95 bits per heavy atom. The van der Waals surface area contributed by atoms with Crippen molar-refractivity contribution in [2.45, 2.75) is 0 Å². The average molecular weight is 375 g/mol. The molecule has 4 nitrogen and oxygen atoms in total. The molecule has 0 radical (unpaired) electrons. The number of nitrogens with one attached hydrogen (secondary N) is 1. The summed E-state index contributed by atoms with van der Waals surface area (Å²) in [5.41, 5.74) is 1.35. The fourth-order valence-electron chi connectivity index (χ4n) is 1.88. The Labute approximate surface area is 140 Å². The number of aromatic hydroxyl groups is 1. The fourth-order valence-corrected chi connectivity index (χ4v) is 3.09. The normalized spacial score (nSPS) is 18.0. The third-order valence-electron chi connectivity index (χ3n) is 2.91. The molecule has 2 aromatic carbocycles. The van der Waals surface area contributed by atoms with Crippen LogP contribution in [-0.4, -0.2) is 16.2 Å². The van der Waals surface area contributed by atoms with Gasteiger partial charge in [-0.15, -0.1) is 0 Å². The minimum absolute atomic E-state index is 0.123. The number of carbonyl (C=O) groups is 1. The summed E-state index contributed by atoms with van der Waals surface area (Å²) in [6, 6.07) is 14.5. The molecule has 1 saturated heterocycles. The smallest absolute Gasteiger partial charge is 0.264 e. The minimum atomic E-state index is -0.223. The maximum absolute atomic E-state index is 12.0. The summed E-state index contributed by atoms with van der Waals surface area (Å²) in [5, 5.41) is 13.1. The Kier molecular flexibility index (Phi) is 4.31. The van der Waals surface area contributed by atoms with Crippen LogP contribution in [0.1, 0.15) is 5.56 Å². The van der Waals surface area contributed by atoms with Crippen LogP contribution in [0.5, 0.6) is 5.75 Å². The highest BCUT2D eigenvalue weighted by Crippen LogP contribution is 2.31. The number of amides is 1. The maximum Gasteiger partial charge on any atom is 0.264 e. The average Bonchev–Trinajstić information content (AvgIpc) is 2.84. The number of benzene rings is 2. The lowest BCUT2D eigenvalue weighted by molar-refractivity contribution is -0.115. The highest BCUT2D eigenvalue weighted by atomic mass is 79.9. The molecule has 0 atom stereocenters. The zero-order valence-corrected chi connectivity index (χ0v) is 13.7. The van der Waals surface area contributed by atoms with Crippen molar-refractivity contribution in [2.24, 2.45) is 4.99 Å². The van der Waals surface area contributed by atoms with Crippen LogP contribution in [0.2, 0.25) is 0 Å². The first-order valence-electron chi connectivity index (χ1n) is 6.45. The van der Waals surface area contributed by atoms with Crippen molar-refractivity contribution in [1.29, 1.82) is 0 Å². The number of hydrogen-bond acceptors (Lipinski definition) is 4. The van der Waals surface area contributed by atoms with E-state index >= 15 is 0 Å². The summed E-state index contributed by atoms with van der Waals surface area (Å²) in [7, 11) is 0. The third kappa shape index (κ3) is 3.40. The first kappa shape index (κ1) is 14.9. The van der Waals surface area contributed by atoms with Crippen molar-refractivity contribution in [3.05, 3.63) is 63.5 Å².